The molecule has 614 valence electrons. The van der Waals surface area contributed by atoms with Crippen LogP contribution in [0.3, 0.4) is 0 Å². The van der Waals surface area contributed by atoms with Gasteiger partial charge >= 0.3 is 0 Å². The summed E-state index contributed by atoms with van der Waals surface area (Å²) in [5, 5.41) is 0. The van der Waals surface area contributed by atoms with Crippen molar-refractivity contribution in [3.05, 3.63) is 55.5 Å². The quantitative estimate of drug-likeness (QED) is 0.0364. The SMILES string of the molecule is CCCCCCCCCCCCCCCCCCCCC1(CCCCCCCCCCCCCCCCCCCC)c2cc3c(cc2-c2c1cc(Br)c1nsnc21)C(CCCCCCCCCCCCCCCCCCCC)(CCCCCCCCCCCCCCCCCCCC)c1cc(Br)c2nsnc2c1-3. The number of hydrogen-bond acceptors (Lipinski definition) is 6. The minimum Gasteiger partial charge on any atom is -0.172 e. The molecule has 3 aromatic carbocycles. The first-order valence-electron chi connectivity index (χ1n) is 48.6. The van der Waals surface area contributed by atoms with Crippen LogP contribution in [0.5, 0.6) is 0 Å². The molecular formula is C100H168Br2N4S2. The Morgan fingerprint density at radius 3 is 0.537 bits per heavy atom. The van der Waals surface area contributed by atoms with E-state index in [1.54, 1.807) is 22.3 Å². The maximum Gasteiger partial charge on any atom is 0.119 e. The molecule has 8 heteroatoms. The summed E-state index contributed by atoms with van der Waals surface area (Å²) < 4.78 is 23.1. The molecule has 2 heterocycles. The van der Waals surface area contributed by atoms with Crippen molar-refractivity contribution in [2.45, 2.75) is 527 Å². The van der Waals surface area contributed by atoms with Crippen molar-refractivity contribution in [2.24, 2.45) is 0 Å². The van der Waals surface area contributed by atoms with Crippen molar-refractivity contribution in [1.29, 1.82) is 0 Å². The minimum atomic E-state index is -0.0924. The van der Waals surface area contributed by atoms with Crippen molar-refractivity contribution in [2.75, 3.05) is 0 Å². The standard InChI is InChI=1S/C100H168Br2N4S2/c1-5-9-13-17-21-25-29-33-37-41-45-49-53-57-61-65-69-73-77-99(78-74-70-66-62-58-54-50-46-42-38-34-30-26-22-18-14-10-6-2)87-81-86-88(82-85(87)93-89(99)83-91(101)95-97(93)105-107-103-95)100(90-84-92(102)96-98(94(86)90)106-108-104-96,79-75-71-67-63-59-55-51-47-43-39-35-31-27-23-19-15-11-7-3)80-76-72-68-64-60-56-52-48-44-40-36-32-28-24-20-16-12-8-4/h81-84H,5-80H2,1-4H3. The van der Waals surface area contributed by atoms with Gasteiger partial charge in [-0.15, -0.1) is 0 Å². The summed E-state index contributed by atoms with van der Waals surface area (Å²) in [6.07, 6.45) is 106. The zero-order valence-electron chi connectivity index (χ0n) is 71.4. The van der Waals surface area contributed by atoms with Gasteiger partial charge in [-0.3, -0.25) is 0 Å². The van der Waals surface area contributed by atoms with Crippen molar-refractivity contribution in [3.8, 4) is 22.3 Å². The average Bonchev–Trinajstić information content (AvgIpc) is 1.52. The van der Waals surface area contributed by atoms with E-state index < -0.39 is 0 Å². The van der Waals surface area contributed by atoms with Crippen LogP contribution in [0, 0.1) is 0 Å². The van der Waals surface area contributed by atoms with Crippen molar-refractivity contribution < 1.29 is 0 Å². The van der Waals surface area contributed by atoms with Gasteiger partial charge in [0.05, 0.1) is 23.5 Å². The molecule has 0 spiro atoms. The molecule has 2 aromatic heterocycles. The Labute approximate surface area is 693 Å². The molecule has 0 amide bonds. The van der Waals surface area contributed by atoms with Crippen LogP contribution in [-0.2, 0) is 10.8 Å². The number of halogens is 2. The lowest BCUT2D eigenvalue weighted by Crippen LogP contribution is -2.27. The molecule has 0 aliphatic heterocycles. The number of unbranched alkanes of at least 4 members (excludes halogenated alkanes) is 68. The smallest absolute Gasteiger partial charge is 0.119 e. The summed E-state index contributed by atoms with van der Waals surface area (Å²) in [7, 11) is 0. The fourth-order valence-electron chi connectivity index (χ4n) is 19.8. The third kappa shape index (κ3) is 33.5. The van der Waals surface area contributed by atoms with Gasteiger partial charge in [-0.05, 0) is 115 Å². The highest BCUT2D eigenvalue weighted by molar-refractivity contribution is 9.11. The topological polar surface area (TPSA) is 51.6 Å². The van der Waals surface area contributed by atoms with Gasteiger partial charge in [-0.2, -0.15) is 17.5 Å². The number of nitrogens with zero attached hydrogens (tertiary/aromatic N) is 4. The van der Waals surface area contributed by atoms with Gasteiger partial charge in [0.1, 0.15) is 22.1 Å². The summed E-state index contributed by atoms with van der Waals surface area (Å²) in [5.74, 6) is 0. The van der Waals surface area contributed by atoms with Crippen LogP contribution < -0.4 is 0 Å². The molecule has 0 saturated carbocycles. The molecule has 0 atom stereocenters. The normalized spacial score (nSPS) is 13.5. The van der Waals surface area contributed by atoms with E-state index in [0.717, 1.165) is 31.0 Å². The first kappa shape index (κ1) is 93.4. The molecule has 7 rings (SSSR count). The largest absolute Gasteiger partial charge is 0.172 e. The molecule has 2 aliphatic rings. The van der Waals surface area contributed by atoms with E-state index in [-0.39, 0.29) is 10.8 Å². The molecule has 108 heavy (non-hydrogen) atoms. The Morgan fingerprint density at radius 1 is 0.204 bits per heavy atom. The van der Waals surface area contributed by atoms with E-state index in [1.165, 1.54) is 534 Å². The van der Waals surface area contributed by atoms with E-state index >= 15 is 0 Å². The molecule has 4 nitrogen and oxygen atoms in total. The molecular weight excluding hydrogens is 1480 g/mol. The number of hydrogen-bond donors (Lipinski definition) is 0. The van der Waals surface area contributed by atoms with Crippen LogP contribution in [0.25, 0.3) is 44.3 Å². The minimum absolute atomic E-state index is 0.0924. The second-order valence-electron chi connectivity index (χ2n) is 35.6. The highest BCUT2D eigenvalue weighted by Gasteiger charge is 2.50. The molecule has 0 radical (unpaired) electrons. The second-order valence-corrected chi connectivity index (χ2v) is 38.4. The van der Waals surface area contributed by atoms with Gasteiger partial charge in [0.25, 0.3) is 0 Å². The molecule has 0 saturated heterocycles. The van der Waals surface area contributed by atoms with E-state index in [4.69, 9.17) is 17.5 Å². The Morgan fingerprint density at radius 2 is 0.361 bits per heavy atom. The van der Waals surface area contributed by atoms with E-state index in [0.29, 0.717) is 0 Å². The summed E-state index contributed by atoms with van der Waals surface area (Å²) in [5.41, 5.74) is 16.2. The lowest BCUT2D eigenvalue weighted by Gasteiger charge is -2.35. The molecule has 0 unspecified atom stereocenters. The first-order chi connectivity index (χ1) is 53.5. The van der Waals surface area contributed by atoms with Gasteiger partial charge in [0.2, 0.25) is 0 Å². The Kier molecular flexibility index (Phi) is 51.8. The zero-order valence-corrected chi connectivity index (χ0v) is 76.2. The third-order valence-electron chi connectivity index (χ3n) is 26.6. The Bertz CT molecular complexity index is 2730. The summed E-state index contributed by atoms with van der Waals surface area (Å²) in [6.45, 7) is 9.31. The average molecular weight is 1650 g/mol. The molecule has 5 aromatic rings. The third-order valence-corrected chi connectivity index (χ3v) is 28.8. The van der Waals surface area contributed by atoms with Gasteiger partial charge in [-0.1, -0.05) is 490 Å². The van der Waals surface area contributed by atoms with Gasteiger partial charge in [0, 0.05) is 30.9 Å². The fraction of sp³-hybridized carbons (Fsp3) is 0.820. The fourth-order valence-corrected chi connectivity index (χ4v) is 22.2. The monoisotopic (exact) mass is 1650 g/mol. The van der Waals surface area contributed by atoms with E-state index in [2.05, 4.69) is 83.8 Å². The zero-order chi connectivity index (χ0) is 75.9. The van der Waals surface area contributed by atoms with Crippen LogP contribution >= 0.6 is 55.3 Å². The molecule has 0 bridgehead atoms. The highest BCUT2D eigenvalue weighted by atomic mass is 79.9. The number of fused-ring (bicyclic) bond motifs is 10. The number of rotatable bonds is 76. The lowest BCUT2D eigenvalue weighted by atomic mass is 9.68. The second kappa shape index (κ2) is 59.9. The van der Waals surface area contributed by atoms with Gasteiger partial charge in [-0.25, -0.2) is 0 Å². The molecule has 0 N–H and O–H groups in total. The van der Waals surface area contributed by atoms with E-state index in [1.807, 2.05) is 0 Å². The van der Waals surface area contributed by atoms with Crippen LogP contribution in [-0.4, -0.2) is 17.5 Å². The predicted molar refractivity (Wildman–Crippen MR) is 490 cm³/mol. The van der Waals surface area contributed by atoms with Crippen molar-refractivity contribution in [3.63, 3.8) is 0 Å². The van der Waals surface area contributed by atoms with Crippen LogP contribution in [0.4, 0.5) is 0 Å². The maximum atomic E-state index is 5.33. The predicted octanol–water partition coefficient (Wildman–Crippen LogP) is 37.5. The van der Waals surface area contributed by atoms with Crippen LogP contribution in [0.2, 0.25) is 0 Å². The van der Waals surface area contributed by atoms with Gasteiger partial charge < -0.3 is 0 Å². The van der Waals surface area contributed by atoms with Crippen LogP contribution in [0.1, 0.15) is 538 Å². The summed E-state index contributed by atoms with van der Waals surface area (Å²) in [6, 6.07) is 10.8. The Balaban J connectivity index is 1.06. The maximum absolute atomic E-state index is 5.33. The number of aromatic nitrogens is 4. The van der Waals surface area contributed by atoms with Gasteiger partial charge in [0.15, 0.2) is 0 Å². The lowest BCUT2D eigenvalue weighted by molar-refractivity contribution is 0.393. The van der Waals surface area contributed by atoms with Crippen molar-refractivity contribution in [1.82, 2.24) is 17.5 Å². The highest BCUT2D eigenvalue weighted by Crippen LogP contribution is 2.63. The first-order valence-corrected chi connectivity index (χ1v) is 51.6. The Hall–Kier alpha value is -1.74. The summed E-state index contributed by atoms with van der Waals surface area (Å²) in [4.78, 5) is 0. The number of benzene rings is 3. The van der Waals surface area contributed by atoms with E-state index in [9.17, 15) is 0 Å². The molecule has 0 fully saturated rings. The van der Waals surface area contributed by atoms with Crippen LogP contribution in [0.15, 0.2) is 33.2 Å². The summed E-state index contributed by atoms with van der Waals surface area (Å²) >= 11 is 11.3. The molecule has 2 aliphatic carbocycles. The van der Waals surface area contributed by atoms with Crippen molar-refractivity contribution >= 4 is 77.4 Å².